The molecule has 1 saturated heterocycles. The van der Waals surface area contributed by atoms with Crippen molar-refractivity contribution in [2.24, 2.45) is 5.92 Å². The van der Waals surface area contributed by atoms with Gasteiger partial charge >= 0.3 is 0 Å². The Hall–Kier alpha value is -1.15. The van der Waals surface area contributed by atoms with Crippen LogP contribution in [-0.2, 0) is 0 Å². The molecule has 2 aliphatic heterocycles. The maximum absolute atomic E-state index is 4.23. The third-order valence-corrected chi connectivity index (χ3v) is 3.77. The van der Waals surface area contributed by atoms with Gasteiger partial charge in [-0.1, -0.05) is 18.2 Å². The van der Waals surface area contributed by atoms with Crippen LogP contribution in [0, 0.1) is 5.92 Å². The Morgan fingerprint density at radius 1 is 1.33 bits per heavy atom. The van der Waals surface area contributed by atoms with E-state index >= 15 is 0 Å². The Morgan fingerprint density at radius 3 is 2.87 bits per heavy atom. The lowest BCUT2D eigenvalue weighted by Gasteiger charge is -2.46. The number of fused-ring (bicyclic) bond motifs is 2. The van der Waals surface area contributed by atoms with Crippen molar-refractivity contribution in [2.75, 3.05) is 7.05 Å². The fourth-order valence-corrected chi connectivity index (χ4v) is 2.97. The molecule has 2 nitrogen and oxygen atoms in total. The minimum Gasteiger partial charge on any atom is -0.292 e. The Labute approximate surface area is 90.6 Å². The summed E-state index contributed by atoms with van der Waals surface area (Å²) in [5, 5.41) is 0. The Kier molecular flexibility index (Phi) is 2.10. The average Bonchev–Trinajstić information content (AvgIpc) is 2.31. The van der Waals surface area contributed by atoms with Crippen LogP contribution < -0.4 is 0 Å². The molecule has 3 aliphatic rings. The second-order valence-corrected chi connectivity index (χ2v) is 4.59. The van der Waals surface area contributed by atoms with Crippen molar-refractivity contribution in [1.82, 2.24) is 9.88 Å². The lowest BCUT2D eigenvalue weighted by atomic mass is 9.78. The summed E-state index contributed by atoms with van der Waals surface area (Å²) in [5.74, 6) is 0.684. The second-order valence-electron chi connectivity index (χ2n) is 4.59. The smallest absolute Gasteiger partial charge is 0.0428 e. The number of rotatable bonds is 1. The molecule has 2 unspecified atom stereocenters. The summed E-state index contributed by atoms with van der Waals surface area (Å²) >= 11 is 0. The van der Waals surface area contributed by atoms with Gasteiger partial charge in [-0.05, 0) is 37.4 Å². The summed E-state index contributed by atoms with van der Waals surface area (Å²) in [5.41, 5.74) is 1.36. The SMILES string of the molecule is CN1C2C=CC(CC2)[C@H]1c1cccnc1. The highest BCUT2D eigenvalue weighted by Gasteiger charge is 2.36. The average molecular weight is 200 g/mol. The minimum absolute atomic E-state index is 0.544. The first-order valence-corrected chi connectivity index (χ1v) is 5.66. The lowest BCUT2D eigenvalue weighted by Crippen LogP contribution is -2.44. The first-order chi connectivity index (χ1) is 7.36. The van der Waals surface area contributed by atoms with E-state index < -0.39 is 0 Å². The van der Waals surface area contributed by atoms with Crippen molar-refractivity contribution in [3.63, 3.8) is 0 Å². The molecule has 0 spiro atoms. The molecule has 1 aliphatic carbocycles. The summed E-state index contributed by atoms with van der Waals surface area (Å²) in [6.07, 6.45) is 11.3. The third kappa shape index (κ3) is 1.40. The molecular weight excluding hydrogens is 184 g/mol. The van der Waals surface area contributed by atoms with E-state index in [4.69, 9.17) is 0 Å². The normalized spacial score (nSPS) is 34.6. The second kappa shape index (κ2) is 3.46. The molecule has 15 heavy (non-hydrogen) atoms. The van der Waals surface area contributed by atoms with Gasteiger partial charge in [-0.15, -0.1) is 0 Å². The van der Waals surface area contributed by atoms with Gasteiger partial charge in [0.25, 0.3) is 0 Å². The highest BCUT2D eigenvalue weighted by molar-refractivity contribution is 5.23. The molecule has 1 aromatic rings. The highest BCUT2D eigenvalue weighted by Crippen LogP contribution is 2.42. The zero-order valence-corrected chi connectivity index (χ0v) is 9.00. The first kappa shape index (κ1) is 9.10. The van der Waals surface area contributed by atoms with Crippen molar-refractivity contribution < 1.29 is 0 Å². The van der Waals surface area contributed by atoms with Gasteiger partial charge in [0, 0.05) is 24.5 Å². The molecular formula is C13H16N2. The van der Waals surface area contributed by atoms with Crippen molar-refractivity contribution in [2.45, 2.75) is 24.9 Å². The van der Waals surface area contributed by atoms with E-state index in [-0.39, 0.29) is 0 Å². The zero-order chi connectivity index (χ0) is 10.3. The van der Waals surface area contributed by atoms with Crippen molar-refractivity contribution in [3.8, 4) is 0 Å². The maximum Gasteiger partial charge on any atom is 0.0428 e. The van der Waals surface area contributed by atoms with Crippen LogP contribution in [-0.4, -0.2) is 23.0 Å². The number of hydrogen-bond acceptors (Lipinski definition) is 2. The molecule has 0 aromatic carbocycles. The molecule has 3 heterocycles. The molecule has 4 rings (SSSR count). The summed E-state index contributed by atoms with van der Waals surface area (Å²) in [6.45, 7) is 0. The predicted octanol–water partition coefficient (Wildman–Crippen LogP) is 2.40. The number of aromatic nitrogens is 1. The van der Waals surface area contributed by atoms with Crippen LogP contribution in [0.5, 0.6) is 0 Å². The van der Waals surface area contributed by atoms with Gasteiger partial charge in [0.05, 0.1) is 0 Å². The van der Waals surface area contributed by atoms with Crippen LogP contribution in [0.2, 0.25) is 0 Å². The molecule has 3 atom stereocenters. The van der Waals surface area contributed by atoms with E-state index in [1.165, 1.54) is 18.4 Å². The number of pyridine rings is 1. The van der Waals surface area contributed by atoms with Gasteiger partial charge in [-0.25, -0.2) is 0 Å². The Bertz CT molecular complexity index is 371. The zero-order valence-electron chi connectivity index (χ0n) is 9.00. The van der Waals surface area contributed by atoms with E-state index in [1.807, 2.05) is 18.5 Å². The van der Waals surface area contributed by atoms with Crippen LogP contribution in [0.3, 0.4) is 0 Å². The highest BCUT2D eigenvalue weighted by atomic mass is 15.2. The number of piperidine rings is 1. The summed E-state index contributed by atoms with van der Waals surface area (Å²) in [6, 6.07) is 5.42. The third-order valence-electron chi connectivity index (χ3n) is 3.77. The van der Waals surface area contributed by atoms with Gasteiger partial charge in [-0.3, -0.25) is 9.88 Å². The molecule has 0 saturated carbocycles. The monoisotopic (exact) mass is 200 g/mol. The fourth-order valence-electron chi connectivity index (χ4n) is 2.97. The van der Waals surface area contributed by atoms with Gasteiger partial charge in [0.1, 0.15) is 0 Å². The quantitative estimate of drug-likeness (QED) is 0.647. The standard InChI is InChI=1S/C13H16N2/c1-15-12-6-4-10(5-7-12)13(15)11-3-2-8-14-9-11/h2-4,6,8-10,12-13H,5,7H2,1H3/t10?,12?,13-/m0/s1. The fraction of sp³-hybridized carbons (Fsp3) is 0.462. The Balaban J connectivity index is 1.97. The number of nitrogens with zero attached hydrogens (tertiary/aromatic N) is 2. The van der Waals surface area contributed by atoms with Gasteiger partial charge < -0.3 is 0 Å². The molecule has 1 fully saturated rings. The predicted molar refractivity (Wildman–Crippen MR) is 60.4 cm³/mol. The molecule has 2 heteroatoms. The molecule has 2 bridgehead atoms. The van der Waals surface area contributed by atoms with Crippen molar-refractivity contribution in [1.29, 1.82) is 0 Å². The molecule has 0 radical (unpaired) electrons. The van der Waals surface area contributed by atoms with E-state index in [1.54, 1.807) is 0 Å². The van der Waals surface area contributed by atoms with Crippen LogP contribution in [0.25, 0.3) is 0 Å². The van der Waals surface area contributed by atoms with Gasteiger partial charge in [0.2, 0.25) is 0 Å². The van der Waals surface area contributed by atoms with Crippen LogP contribution in [0.4, 0.5) is 0 Å². The summed E-state index contributed by atoms with van der Waals surface area (Å²) in [4.78, 5) is 6.72. The van der Waals surface area contributed by atoms with Crippen LogP contribution in [0.1, 0.15) is 24.4 Å². The van der Waals surface area contributed by atoms with E-state index in [0.29, 0.717) is 18.0 Å². The van der Waals surface area contributed by atoms with E-state index in [2.05, 4.69) is 35.1 Å². The summed E-state index contributed by atoms with van der Waals surface area (Å²) in [7, 11) is 2.23. The van der Waals surface area contributed by atoms with Crippen LogP contribution in [0.15, 0.2) is 36.7 Å². The molecule has 0 N–H and O–H groups in total. The molecule has 78 valence electrons. The van der Waals surface area contributed by atoms with E-state index in [0.717, 1.165) is 0 Å². The lowest BCUT2D eigenvalue weighted by molar-refractivity contribution is 0.0923. The van der Waals surface area contributed by atoms with Gasteiger partial charge in [-0.2, -0.15) is 0 Å². The maximum atomic E-state index is 4.23. The minimum atomic E-state index is 0.544. The molecule has 1 aromatic heterocycles. The topological polar surface area (TPSA) is 16.1 Å². The number of likely N-dealkylation sites (N-methyl/N-ethyl adjacent to an activating group) is 1. The first-order valence-electron chi connectivity index (χ1n) is 5.66. The van der Waals surface area contributed by atoms with Gasteiger partial charge in [0.15, 0.2) is 0 Å². The van der Waals surface area contributed by atoms with E-state index in [9.17, 15) is 0 Å². The van der Waals surface area contributed by atoms with Crippen LogP contribution >= 0.6 is 0 Å². The van der Waals surface area contributed by atoms with Crippen molar-refractivity contribution >= 4 is 0 Å². The largest absolute Gasteiger partial charge is 0.292 e. The molecule has 0 amide bonds. The number of hydrogen-bond donors (Lipinski definition) is 0. The Morgan fingerprint density at radius 2 is 2.27 bits per heavy atom. The van der Waals surface area contributed by atoms with Crippen molar-refractivity contribution in [3.05, 3.63) is 42.2 Å². The summed E-state index contributed by atoms with van der Waals surface area (Å²) < 4.78 is 0.